The summed E-state index contributed by atoms with van der Waals surface area (Å²) in [5, 5.41) is 18.4. The van der Waals surface area contributed by atoms with E-state index in [-0.39, 0.29) is 50.3 Å². The molecule has 0 aliphatic heterocycles. The van der Waals surface area contributed by atoms with Crippen LogP contribution in [0.2, 0.25) is 5.02 Å². The first-order valence-electron chi connectivity index (χ1n) is 9.32. The fourth-order valence-electron chi connectivity index (χ4n) is 2.66. The van der Waals surface area contributed by atoms with Gasteiger partial charge in [0.1, 0.15) is 5.75 Å². The van der Waals surface area contributed by atoms with Gasteiger partial charge in [-0.1, -0.05) is 23.7 Å². The Hall–Kier alpha value is -2.17. The smallest absolute Gasteiger partial charge is 0.260 e. The number of ether oxygens (including phenoxy) is 1. The molecule has 164 valence electrons. The van der Waals surface area contributed by atoms with Gasteiger partial charge in [-0.25, -0.2) is 13.1 Å². The van der Waals surface area contributed by atoms with E-state index >= 15 is 0 Å². The van der Waals surface area contributed by atoms with Crippen molar-refractivity contribution in [2.24, 2.45) is 0 Å². The van der Waals surface area contributed by atoms with Gasteiger partial charge >= 0.3 is 0 Å². The van der Waals surface area contributed by atoms with Crippen LogP contribution >= 0.6 is 11.6 Å². The first-order valence-corrected chi connectivity index (χ1v) is 11.2. The maximum absolute atomic E-state index is 12.3. The lowest BCUT2D eigenvalue weighted by atomic mass is 10.1. The molecule has 2 aromatic rings. The van der Waals surface area contributed by atoms with E-state index in [1.54, 1.807) is 18.2 Å². The van der Waals surface area contributed by atoms with Gasteiger partial charge < -0.3 is 19.8 Å². The summed E-state index contributed by atoms with van der Waals surface area (Å²) < 4.78 is 32.6. The number of rotatable bonds is 12. The average Bonchev–Trinajstić information content (AvgIpc) is 2.72. The zero-order valence-corrected chi connectivity index (χ0v) is 17.9. The predicted molar refractivity (Wildman–Crippen MR) is 113 cm³/mol. The number of carbonyl (C=O) groups excluding carboxylic acids is 1. The maximum atomic E-state index is 12.3. The van der Waals surface area contributed by atoms with Crippen molar-refractivity contribution in [3.63, 3.8) is 0 Å². The quantitative estimate of drug-likeness (QED) is 0.439. The monoisotopic (exact) mass is 456 g/mol. The fourth-order valence-corrected chi connectivity index (χ4v) is 3.81. The Morgan fingerprint density at radius 3 is 2.37 bits per heavy atom. The molecule has 10 heteroatoms. The number of halogens is 1. The van der Waals surface area contributed by atoms with Crippen LogP contribution in [0.15, 0.2) is 53.4 Å². The van der Waals surface area contributed by atoms with Crippen molar-refractivity contribution in [1.82, 2.24) is 9.62 Å². The number of aliphatic hydroxyl groups is 2. The Labute approximate surface area is 181 Å². The third-order valence-corrected chi connectivity index (χ3v) is 5.91. The zero-order valence-electron chi connectivity index (χ0n) is 16.3. The maximum Gasteiger partial charge on any atom is 0.260 e. The number of nitrogens with one attached hydrogen (secondary N) is 1. The molecule has 2 aromatic carbocycles. The van der Waals surface area contributed by atoms with Crippen LogP contribution in [0.3, 0.4) is 0 Å². The van der Waals surface area contributed by atoms with Crippen molar-refractivity contribution < 1.29 is 28.2 Å². The topological polar surface area (TPSA) is 116 Å². The molecule has 0 spiro atoms. The van der Waals surface area contributed by atoms with Gasteiger partial charge in [0, 0.05) is 24.7 Å². The fraction of sp³-hybridized carbons (Fsp3) is 0.350. The van der Waals surface area contributed by atoms with Crippen LogP contribution in [-0.4, -0.2) is 68.9 Å². The molecule has 0 atom stereocenters. The third-order valence-electron chi connectivity index (χ3n) is 4.18. The van der Waals surface area contributed by atoms with Crippen LogP contribution in [0.1, 0.15) is 5.56 Å². The van der Waals surface area contributed by atoms with Gasteiger partial charge in [0.15, 0.2) is 6.61 Å². The van der Waals surface area contributed by atoms with Gasteiger partial charge in [0.25, 0.3) is 5.91 Å². The molecule has 0 aromatic heterocycles. The highest BCUT2D eigenvalue weighted by atomic mass is 35.5. The lowest BCUT2D eigenvalue weighted by Crippen LogP contribution is -2.38. The summed E-state index contributed by atoms with van der Waals surface area (Å²) >= 11 is 5.78. The summed E-state index contributed by atoms with van der Waals surface area (Å²) in [4.78, 5) is 13.6. The number of hydrogen-bond acceptors (Lipinski definition) is 6. The Kier molecular flexibility index (Phi) is 9.54. The summed E-state index contributed by atoms with van der Waals surface area (Å²) in [6.07, 6.45) is 0.430. The first-order chi connectivity index (χ1) is 14.4. The van der Waals surface area contributed by atoms with Crippen LogP contribution in [-0.2, 0) is 21.2 Å². The summed E-state index contributed by atoms with van der Waals surface area (Å²) in [5.74, 6) is 0.119. The molecule has 0 aliphatic rings. The summed E-state index contributed by atoms with van der Waals surface area (Å²) in [6.45, 7) is -0.200. The van der Waals surface area contributed by atoms with Crippen LogP contribution < -0.4 is 9.46 Å². The number of hydrogen-bond donors (Lipinski definition) is 3. The van der Waals surface area contributed by atoms with Gasteiger partial charge in [-0.3, -0.25) is 4.79 Å². The van der Waals surface area contributed by atoms with E-state index in [2.05, 4.69) is 4.72 Å². The average molecular weight is 457 g/mol. The van der Waals surface area contributed by atoms with E-state index in [4.69, 9.17) is 26.6 Å². The van der Waals surface area contributed by atoms with Gasteiger partial charge in [-0.15, -0.1) is 0 Å². The highest BCUT2D eigenvalue weighted by molar-refractivity contribution is 7.89. The second-order valence-electron chi connectivity index (χ2n) is 6.37. The molecule has 30 heavy (non-hydrogen) atoms. The van der Waals surface area contributed by atoms with Crippen molar-refractivity contribution in [3.05, 3.63) is 59.1 Å². The first kappa shape index (κ1) is 24.1. The molecule has 0 unspecified atom stereocenters. The van der Waals surface area contributed by atoms with E-state index < -0.39 is 10.0 Å². The van der Waals surface area contributed by atoms with Crippen LogP contribution in [0.4, 0.5) is 0 Å². The molecule has 0 heterocycles. The molecule has 0 saturated heterocycles. The van der Waals surface area contributed by atoms with Crippen LogP contribution in [0.5, 0.6) is 5.75 Å². The molecule has 2 rings (SSSR count). The number of amides is 1. The number of carbonyl (C=O) groups is 1. The molecule has 0 radical (unpaired) electrons. The normalized spacial score (nSPS) is 11.3. The molecule has 3 N–H and O–H groups in total. The largest absolute Gasteiger partial charge is 0.484 e. The van der Waals surface area contributed by atoms with E-state index in [1.807, 2.05) is 6.07 Å². The zero-order chi connectivity index (χ0) is 22.0. The van der Waals surface area contributed by atoms with E-state index in [1.165, 1.54) is 29.2 Å². The van der Waals surface area contributed by atoms with Crippen LogP contribution in [0, 0.1) is 0 Å². The molecule has 1 amide bonds. The Morgan fingerprint density at radius 1 is 1.07 bits per heavy atom. The van der Waals surface area contributed by atoms with Crippen molar-refractivity contribution in [3.8, 4) is 5.75 Å². The van der Waals surface area contributed by atoms with Crippen LogP contribution in [0.25, 0.3) is 0 Å². The second kappa shape index (κ2) is 11.9. The van der Waals surface area contributed by atoms with E-state index in [9.17, 15) is 13.2 Å². The van der Waals surface area contributed by atoms with Gasteiger partial charge in [0.05, 0.1) is 18.1 Å². The van der Waals surface area contributed by atoms with E-state index in [0.29, 0.717) is 17.2 Å². The number of nitrogens with zero attached hydrogens (tertiary/aromatic N) is 1. The lowest BCUT2D eigenvalue weighted by molar-refractivity contribution is -0.134. The number of benzene rings is 2. The highest BCUT2D eigenvalue weighted by Gasteiger charge is 2.14. The highest BCUT2D eigenvalue weighted by Crippen LogP contribution is 2.16. The summed E-state index contributed by atoms with van der Waals surface area (Å²) in [7, 11) is -3.63. The van der Waals surface area contributed by atoms with Crippen molar-refractivity contribution in [2.75, 3.05) is 39.5 Å². The number of aliphatic hydroxyl groups excluding tert-OH is 2. The molecule has 0 saturated carbocycles. The minimum absolute atomic E-state index is 0.122. The van der Waals surface area contributed by atoms with Gasteiger partial charge in [0.2, 0.25) is 10.0 Å². The predicted octanol–water partition coefficient (Wildman–Crippen LogP) is 1.05. The Bertz CT molecular complexity index is 915. The minimum Gasteiger partial charge on any atom is -0.484 e. The number of sulfonamides is 1. The molecular formula is C20H25ClN2O6S. The second-order valence-corrected chi connectivity index (χ2v) is 8.57. The lowest BCUT2D eigenvalue weighted by Gasteiger charge is -2.20. The Morgan fingerprint density at radius 2 is 1.73 bits per heavy atom. The molecule has 0 bridgehead atoms. The SMILES string of the molecule is O=C(COc1cccc(CCNS(=O)(=O)c2ccc(Cl)cc2)c1)N(CCO)CCO. The van der Waals surface area contributed by atoms with Crippen molar-refractivity contribution >= 4 is 27.5 Å². The molecule has 0 fully saturated rings. The van der Waals surface area contributed by atoms with Crippen molar-refractivity contribution in [2.45, 2.75) is 11.3 Å². The Balaban J connectivity index is 1.88. The molecule has 8 nitrogen and oxygen atoms in total. The van der Waals surface area contributed by atoms with Gasteiger partial charge in [-0.05, 0) is 48.4 Å². The summed E-state index contributed by atoms with van der Waals surface area (Å²) in [5.41, 5.74) is 0.835. The third kappa shape index (κ3) is 7.58. The summed E-state index contributed by atoms with van der Waals surface area (Å²) in [6, 6.07) is 12.9. The van der Waals surface area contributed by atoms with Gasteiger partial charge in [-0.2, -0.15) is 0 Å². The standard InChI is InChI=1S/C20H25ClN2O6S/c21-17-4-6-19(7-5-17)30(27,28)22-9-8-16-2-1-3-18(14-16)29-15-20(26)23(10-12-24)11-13-25/h1-7,14,22,24-25H,8-13,15H2. The molecular weight excluding hydrogens is 432 g/mol. The molecule has 0 aliphatic carbocycles. The van der Waals surface area contributed by atoms with E-state index in [0.717, 1.165) is 5.56 Å². The van der Waals surface area contributed by atoms with Crippen molar-refractivity contribution in [1.29, 1.82) is 0 Å². The minimum atomic E-state index is -3.63.